The van der Waals surface area contributed by atoms with Crippen molar-refractivity contribution in [1.82, 2.24) is 34.7 Å². The minimum atomic E-state index is -0.0215. The Balaban J connectivity index is 1.40. The number of hydrogen-bond donors (Lipinski definition) is 0. The molecule has 2 aromatic rings. The Labute approximate surface area is 153 Å². The first-order valence-corrected chi connectivity index (χ1v) is 9.74. The van der Waals surface area contributed by atoms with Crippen LogP contribution in [0.3, 0.4) is 0 Å². The van der Waals surface area contributed by atoms with E-state index in [1.165, 1.54) is 32.1 Å². The molecule has 3 heterocycles. The van der Waals surface area contributed by atoms with E-state index in [0.717, 1.165) is 31.8 Å². The van der Waals surface area contributed by atoms with E-state index in [-0.39, 0.29) is 11.8 Å². The number of aromatic nitrogens is 6. The van der Waals surface area contributed by atoms with Gasteiger partial charge in [0.2, 0.25) is 0 Å². The van der Waals surface area contributed by atoms with Crippen LogP contribution in [0.5, 0.6) is 0 Å². The molecule has 0 aromatic carbocycles. The maximum absolute atomic E-state index is 12.9. The number of likely N-dealkylation sites (tertiary alicyclic amines) is 1. The van der Waals surface area contributed by atoms with Crippen molar-refractivity contribution in [1.29, 1.82) is 0 Å². The highest BCUT2D eigenvalue weighted by Crippen LogP contribution is 2.26. The van der Waals surface area contributed by atoms with Crippen molar-refractivity contribution < 1.29 is 4.79 Å². The zero-order chi connectivity index (χ0) is 17.9. The molecule has 8 heteroatoms. The first kappa shape index (κ1) is 17.2. The zero-order valence-corrected chi connectivity index (χ0v) is 15.4. The van der Waals surface area contributed by atoms with Crippen molar-refractivity contribution in [3.8, 4) is 0 Å². The lowest BCUT2D eigenvalue weighted by Crippen LogP contribution is -2.39. The minimum absolute atomic E-state index is 0.0215. The third-order valence-electron chi connectivity index (χ3n) is 5.75. The summed E-state index contributed by atoms with van der Waals surface area (Å²) in [5, 5.41) is 16.5. The number of aryl methyl sites for hydroxylation is 1. The molecule has 26 heavy (non-hydrogen) atoms. The molecule has 2 aromatic heterocycles. The predicted molar refractivity (Wildman–Crippen MR) is 95.5 cm³/mol. The van der Waals surface area contributed by atoms with Crippen LogP contribution in [0.25, 0.3) is 0 Å². The molecule has 4 rings (SSSR count). The molecule has 0 unspecified atom stereocenters. The molecule has 8 nitrogen and oxygen atoms in total. The number of piperidine rings is 1. The number of amides is 1. The second kappa shape index (κ2) is 7.55. The molecule has 1 atom stereocenters. The van der Waals surface area contributed by atoms with E-state index in [1.807, 2.05) is 27.4 Å². The predicted octanol–water partition coefficient (Wildman–Crippen LogP) is 2.01. The third-order valence-corrected chi connectivity index (χ3v) is 5.75. The molecule has 0 bridgehead atoms. The highest BCUT2D eigenvalue weighted by molar-refractivity contribution is 5.92. The maximum atomic E-state index is 12.9. The largest absolute Gasteiger partial charge is 0.336 e. The van der Waals surface area contributed by atoms with Gasteiger partial charge in [-0.15, -0.1) is 15.3 Å². The third kappa shape index (κ3) is 3.64. The van der Waals surface area contributed by atoms with Crippen molar-refractivity contribution >= 4 is 5.91 Å². The smallest absolute Gasteiger partial charge is 0.276 e. The summed E-state index contributed by atoms with van der Waals surface area (Å²) >= 11 is 0. The van der Waals surface area contributed by atoms with E-state index in [9.17, 15) is 4.79 Å². The van der Waals surface area contributed by atoms with Gasteiger partial charge in [0.25, 0.3) is 5.91 Å². The van der Waals surface area contributed by atoms with Gasteiger partial charge in [-0.1, -0.05) is 24.5 Å². The Morgan fingerprint density at radius 3 is 2.77 bits per heavy atom. The van der Waals surface area contributed by atoms with Crippen LogP contribution in [0.2, 0.25) is 0 Å². The summed E-state index contributed by atoms with van der Waals surface area (Å²) in [5.41, 5.74) is 0.458. The van der Waals surface area contributed by atoms with Crippen LogP contribution in [-0.4, -0.2) is 53.7 Å². The molecule has 1 aliphatic carbocycles. The minimum Gasteiger partial charge on any atom is -0.336 e. The number of rotatable bonds is 4. The maximum Gasteiger partial charge on any atom is 0.276 e. The van der Waals surface area contributed by atoms with Gasteiger partial charge in [-0.2, -0.15) is 0 Å². The van der Waals surface area contributed by atoms with Crippen LogP contribution >= 0.6 is 0 Å². The monoisotopic (exact) mass is 357 g/mol. The van der Waals surface area contributed by atoms with E-state index >= 15 is 0 Å². The fourth-order valence-electron chi connectivity index (χ4n) is 4.32. The van der Waals surface area contributed by atoms with Crippen LogP contribution in [0.1, 0.15) is 67.2 Å². The molecule has 140 valence electrons. The summed E-state index contributed by atoms with van der Waals surface area (Å²) in [6.45, 7) is 2.31. The van der Waals surface area contributed by atoms with E-state index in [4.69, 9.17) is 0 Å². The Morgan fingerprint density at radius 1 is 1.15 bits per heavy atom. The molecular formula is C18H27N7O. The summed E-state index contributed by atoms with van der Waals surface area (Å²) in [7, 11) is 1.95. The number of carbonyl (C=O) groups is 1. The molecule has 1 amide bonds. The van der Waals surface area contributed by atoms with Crippen molar-refractivity contribution in [2.45, 2.75) is 57.4 Å². The highest BCUT2D eigenvalue weighted by Gasteiger charge is 2.29. The van der Waals surface area contributed by atoms with E-state index < -0.39 is 0 Å². The van der Waals surface area contributed by atoms with Gasteiger partial charge >= 0.3 is 0 Å². The fraction of sp³-hybridized carbons (Fsp3) is 0.722. The second-order valence-corrected chi connectivity index (χ2v) is 7.72. The van der Waals surface area contributed by atoms with Gasteiger partial charge in [0.15, 0.2) is 5.69 Å². The van der Waals surface area contributed by atoms with Gasteiger partial charge in [0, 0.05) is 32.6 Å². The van der Waals surface area contributed by atoms with Crippen molar-refractivity contribution in [2.24, 2.45) is 13.0 Å². The van der Waals surface area contributed by atoms with Gasteiger partial charge in [0.1, 0.15) is 12.2 Å². The highest BCUT2D eigenvalue weighted by atomic mass is 16.2. The first-order valence-electron chi connectivity index (χ1n) is 9.74. The topological polar surface area (TPSA) is 81.7 Å². The summed E-state index contributed by atoms with van der Waals surface area (Å²) in [6.07, 6.45) is 12.0. The molecule has 2 aliphatic rings. The number of nitrogens with zero attached hydrogens (tertiary/aromatic N) is 7. The van der Waals surface area contributed by atoms with E-state index in [0.29, 0.717) is 18.2 Å². The lowest BCUT2D eigenvalue weighted by Gasteiger charge is -2.31. The lowest BCUT2D eigenvalue weighted by atomic mass is 9.89. The van der Waals surface area contributed by atoms with Gasteiger partial charge in [-0.3, -0.25) is 9.48 Å². The fourth-order valence-corrected chi connectivity index (χ4v) is 4.32. The normalized spacial score (nSPS) is 21.9. The molecule has 0 N–H and O–H groups in total. The van der Waals surface area contributed by atoms with Crippen LogP contribution in [0, 0.1) is 5.92 Å². The lowest BCUT2D eigenvalue weighted by molar-refractivity contribution is 0.0697. The van der Waals surface area contributed by atoms with Gasteiger partial charge in [-0.25, -0.2) is 0 Å². The molecule has 1 aliphatic heterocycles. The number of carbonyl (C=O) groups excluding carboxylic acids is 1. The van der Waals surface area contributed by atoms with E-state index in [1.54, 1.807) is 6.33 Å². The zero-order valence-electron chi connectivity index (χ0n) is 15.4. The summed E-state index contributed by atoms with van der Waals surface area (Å²) in [4.78, 5) is 14.8. The van der Waals surface area contributed by atoms with Gasteiger partial charge in [0.05, 0.1) is 6.20 Å². The van der Waals surface area contributed by atoms with Crippen LogP contribution in [0.4, 0.5) is 0 Å². The Morgan fingerprint density at radius 2 is 2.00 bits per heavy atom. The van der Waals surface area contributed by atoms with Crippen molar-refractivity contribution in [2.75, 3.05) is 13.1 Å². The van der Waals surface area contributed by atoms with Crippen LogP contribution in [-0.2, 0) is 13.6 Å². The molecule has 1 saturated heterocycles. The van der Waals surface area contributed by atoms with E-state index in [2.05, 4.69) is 20.5 Å². The standard InChI is InChI=1S/C18H27N7O/c1-23-13-19-21-17(23)15-8-5-9-24(11-15)18(26)16-12-25(22-20-16)10-14-6-3-2-4-7-14/h12-15H,2-11H2,1H3/t15-/m0/s1. The van der Waals surface area contributed by atoms with Gasteiger partial charge in [-0.05, 0) is 31.6 Å². The second-order valence-electron chi connectivity index (χ2n) is 7.72. The SMILES string of the molecule is Cn1cnnc1[C@H]1CCCN(C(=O)c2cn(CC3CCCCC3)nn2)C1. The van der Waals surface area contributed by atoms with Crippen molar-refractivity contribution in [3.05, 3.63) is 24.0 Å². The van der Waals surface area contributed by atoms with Crippen molar-refractivity contribution in [3.63, 3.8) is 0 Å². The average Bonchev–Trinajstić information content (AvgIpc) is 3.31. The molecular weight excluding hydrogens is 330 g/mol. The summed E-state index contributed by atoms with van der Waals surface area (Å²) in [6, 6.07) is 0. The first-order chi connectivity index (χ1) is 12.7. The Hall–Kier alpha value is -2.25. The Bertz CT molecular complexity index is 746. The Kier molecular flexibility index (Phi) is 4.99. The number of hydrogen-bond acceptors (Lipinski definition) is 5. The summed E-state index contributed by atoms with van der Waals surface area (Å²) < 4.78 is 3.80. The molecule has 2 fully saturated rings. The molecule has 1 saturated carbocycles. The van der Waals surface area contributed by atoms with Crippen LogP contribution < -0.4 is 0 Å². The van der Waals surface area contributed by atoms with Crippen LogP contribution in [0.15, 0.2) is 12.5 Å². The quantitative estimate of drug-likeness (QED) is 0.836. The van der Waals surface area contributed by atoms with Gasteiger partial charge < -0.3 is 9.47 Å². The molecule has 0 radical (unpaired) electrons. The molecule has 0 spiro atoms. The average molecular weight is 357 g/mol. The summed E-state index contributed by atoms with van der Waals surface area (Å²) in [5.74, 6) is 1.83.